The molecule has 1 rings (SSSR count). The molecule has 1 aromatic rings. The highest BCUT2D eigenvalue weighted by Crippen LogP contribution is 2.13. The number of aromatic nitrogens is 1. The van der Waals surface area contributed by atoms with E-state index in [1.807, 2.05) is 35.2 Å². The molecule has 0 spiro atoms. The quantitative estimate of drug-likeness (QED) is 0.0669. The van der Waals surface area contributed by atoms with Crippen molar-refractivity contribution < 1.29 is 40.2 Å². The predicted molar refractivity (Wildman–Crippen MR) is 177 cm³/mol. The normalized spacial score (nSPS) is 12.3. The zero-order valence-corrected chi connectivity index (χ0v) is 29.2. The second kappa shape index (κ2) is 27.5. The molecule has 0 saturated heterocycles. The average Bonchev–Trinajstić information content (AvgIpc) is 2.96. The molecule has 0 saturated carbocycles. The van der Waals surface area contributed by atoms with E-state index in [-0.39, 0.29) is 18.1 Å². The Hall–Kier alpha value is -1.76. The topological polar surface area (TPSA) is 140 Å². The molecule has 1 unspecified atom stereocenters. The number of carbonyl (C=O) groups excluding carboxylic acids is 1. The van der Waals surface area contributed by atoms with Crippen molar-refractivity contribution in [3.05, 3.63) is 30.6 Å². The highest BCUT2D eigenvalue weighted by molar-refractivity contribution is 7.91. The van der Waals surface area contributed by atoms with Crippen molar-refractivity contribution in [2.45, 2.75) is 129 Å². The lowest BCUT2D eigenvalue weighted by atomic mass is 10.0. The number of hydrogen-bond donors (Lipinski definition) is 2. The molecule has 1 heterocycles. The molecule has 10 nitrogen and oxygen atoms in total. The summed E-state index contributed by atoms with van der Waals surface area (Å²) in [6, 6.07) is 5.75. The summed E-state index contributed by atoms with van der Waals surface area (Å²) in [6.07, 6.45) is 24.9. The van der Waals surface area contributed by atoms with Gasteiger partial charge in [0.1, 0.15) is 19.3 Å². The number of rotatable bonds is 26. The predicted octanol–water partition coefficient (Wildman–Crippen LogP) is 6.29. The van der Waals surface area contributed by atoms with Crippen molar-refractivity contribution in [1.82, 2.24) is 5.32 Å². The fourth-order valence-electron chi connectivity index (χ4n) is 4.68. The van der Waals surface area contributed by atoms with Gasteiger partial charge in [0.2, 0.25) is 0 Å². The van der Waals surface area contributed by atoms with Gasteiger partial charge >= 0.3 is 6.09 Å². The summed E-state index contributed by atoms with van der Waals surface area (Å²) in [6.45, 7) is 3.40. The SMILES string of the molecule is CCCCCCCCCCCCCCCCCCNC(=O)OCC(CS(=O)(=O)CCC[n+]1ccccc1)OC.CS(=O)(=O)O. The van der Waals surface area contributed by atoms with E-state index in [0.717, 1.165) is 12.8 Å². The zero-order valence-electron chi connectivity index (χ0n) is 27.6. The van der Waals surface area contributed by atoms with Gasteiger partial charge in [-0.1, -0.05) is 109 Å². The molecule has 0 aliphatic rings. The Kier molecular flexibility index (Phi) is 26.4. The van der Waals surface area contributed by atoms with Crippen LogP contribution in [0.1, 0.15) is 116 Å². The monoisotopic (exact) mass is 665 g/mol. The van der Waals surface area contributed by atoms with Crippen LogP contribution in [-0.2, 0) is 36.0 Å². The maximum Gasteiger partial charge on any atom is 0.407 e. The van der Waals surface area contributed by atoms with Crippen LogP contribution in [0.2, 0.25) is 0 Å². The molecule has 1 amide bonds. The molecule has 0 aliphatic carbocycles. The molecule has 1 atom stereocenters. The highest BCUT2D eigenvalue weighted by Gasteiger charge is 2.21. The fraction of sp³-hybridized carbons (Fsp3) is 0.812. The molecule has 0 fully saturated rings. The molecule has 0 bridgehead atoms. The summed E-state index contributed by atoms with van der Waals surface area (Å²) in [7, 11) is -5.53. The number of hydrogen-bond acceptors (Lipinski definition) is 7. The van der Waals surface area contributed by atoms with Gasteiger partial charge < -0.3 is 14.8 Å². The third kappa shape index (κ3) is 31.7. The standard InChI is InChI=1S/C31H56N2O5S.CH4O3S/c1-3-4-5-6-7-8-9-10-11-12-13-14-15-16-17-19-23-32-31(34)38-28-30(37-2)29-39(35,36)27-22-26-33-24-20-18-21-25-33;1-5(2,3)4/h18,20-21,24-25,30H,3-17,19,22-23,26-29H2,1-2H3;1H3,(H,2,3,4)/p+1. The smallest absolute Gasteiger partial charge is 0.407 e. The van der Waals surface area contributed by atoms with Crippen molar-refractivity contribution in [1.29, 1.82) is 0 Å². The number of alkyl carbamates (subject to hydrolysis) is 1. The summed E-state index contributed by atoms with van der Waals surface area (Å²) in [5.74, 6) is -0.0877. The van der Waals surface area contributed by atoms with E-state index < -0.39 is 32.2 Å². The number of methoxy groups -OCH3 is 1. The molecule has 1 aromatic heterocycles. The van der Waals surface area contributed by atoms with E-state index in [0.29, 0.717) is 25.8 Å². The van der Waals surface area contributed by atoms with Crippen LogP contribution >= 0.6 is 0 Å². The number of ether oxygens (including phenoxy) is 2. The number of pyridine rings is 1. The minimum Gasteiger partial charge on any atom is -0.447 e. The van der Waals surface area contributed by atoms with Crippen LogP contribution in [0.25, 0.3) is 0 Å². The van der Waals surface area contributed by atoms with Crippen molar-refractivity contribution in [2.75, 3.05) is 38.0 Å². The molecule has 0 aromatic carbocycles. The number of aryl methyl sites for hydroxylation is 1. The summed E-state index contributed by atoms with van der Waals surface area (Å²) in [5, 5.41) is 2.76. The van der Waals surface area contributed by atoms with Gasteiger partial charge in [-0.15, -0.1) is 0 Å². The minimum absolute atomic E-state index is 0.0696. The molecule has 0 radical (unpaired) electrons. The van der Waals surface area contributed by atoms with Crippen LogP contribution in [0.3, 0.4) is 0 Å². The van der Waals surface area contributed by atoms with E-state index in [4.69, 9.17) is 14.0 Å². The van der Waals surface area contributed by atoms with E-state index in [2.05, 4.69) is 12.2 Å². The highest BCUT2D eigenvalue weighted by atomic mass is 32.2. The number of sulfone groups is 1. The molecule has 258 valence electrons. The number of carbonyl (C=O) groups is 1. The van der Waals surface area contributed by atoms with Crippen molar-refractivity contribution >= 4 is 26.0 Å². The van der Waals surface area contributed by atoms with Gasteiger partial charge in [0.25, 0.3) is 10.1 Å². The zero-order chi connectivity index (χ0) is 32.9. The van der Waals surface area contributed by atoms with E-state index >= 15 is 0 Å². The lowest BCUT2D eigenvalue weighted by Gasteiger charge is -2.16. The van der Waals surface area contributed by atoms with Crippen LogP contribution < -0.4 is 9.88 Å². The Morgan fingerprint density at radius 3 is 1.68 bits per heavy atom. The van der Waals surface area contributed by atoms with Gasteiger partial charge in [0.05, 0.1) is 17.8 Å². The first kappa shape index (κ1) is 42.2. The summed E-state index contributed by atoms with van der Waals surface area (Å²) in [4.78, 5) is 12.0. The van der Waals surface area contributed by atoms with Gasteiger partial charge in [-0.05, 0) is 6.42 Å². The maximum absolute atomic E-state index is 12.4. The summed E-state index contributed by atoms with van der Waals surface area (Å²) < 4.78 is 63.1. The van der Waals surface area contributed by atoms with Crippen molar-refractivity contribution in [3.63, 3.8) is 0 Å². The molecule has 12 heteroatoms. The third-order valence-corrected chi connectivity index (χ3v) is 8.91. The van der Waals surface area contributed by atoms with Crippen LogP contribution in [0, 0.1) is 0 Å². The van der Waals surface area contributed by atoms with Crippen LogP contribution in [0.4, 0.5) is 4.79 Å². The summed E-state index contributed by atoms with van der Waals surface area (Å²) in [5.41, 5.74) is 0. The lowest BCUT2D eigenvalue weighted by molar-refractivity contribution is -0.696. The summed E-state index contributed by atoms with van der Waals surface area (Å²) >= 11 is 0. The van der Waals surface area contributed by atoms with Gasteiger partial charge in [0, 0.05) is 32.2 Å². The number of nitrogens with zero attached hydrogens (tertiary/aromatic N) is 1. The van der Waals surface area contributed by atoms with E-state index in [9.17, 15) is 21.6 Å². The fourth-order valence-corrected chi connectivity index (χ4v) is 6.22. The largest absolute Gasteiger partial charge is 0.447 e. The lowest BCUT2D eigenvalue weighted by Crippen LogP contribution is -2.35. The van der Waals surface area contributed by atoms with Crippen LogP contribution in [-0.4, -0.2) is 71.6 Å². The molecule has 44 heavy (non-hydrogen) atoms. The molecular weight excluding hydrogens is 604 g/mol. The number of unbranched alkanes of at least 4 members (excludes halogenated alkanes) is 15. The maximum atomic E-state index is 12.4. The average molecular weight is 666 g/mol. The Labute approximate surface area is 268 Å². The first-order chi connectivity index (χ1) is 21.0. The van der Waals surface area contributed by atoms with Gasteiger partial charge in [-0.2, -0.15) is 8.42 Å². The number of nitrogens with one attached hydrogen (secondary N) is 1. The van der Waals surface area contributed by atoms with Crippen LogP contribution in [0.5, 0.6) is 0 Å². The minimum atomic E-state index is -3.67. The first-order valence-corrected chi connectivity index (χ1v) is 20.1. The Morgan fingerprint density at radius 2 is 1.23 bits per heavy atom. The van der Waals surface area contributed by atoms with Crippen molar-refractivity contribution in [3.8, 4) is 0 Å². The molecule has 2 N–H and O–H groups in total. The Morgan fingerprint density at radius 1 is 0.773 bits per heavy atom. The Balaban J connectivity index is 0.00000340. The van der Waals surface area contributed by atoms with E-state index in [1.165, 1.54) is 97.0 Å². The van der Waals surface area contributed by atoms with Crippen molar-refractivity contribution in [2.24, 2.45) is 0 Å². The van der Waals surface area contributed by atoms with Gasteiger partial charge in [0.15, 0.2) is 22.2 Å². The molecular formula is C32H61N2O8S2+. The number of amides is 1. The van der Waals surface area contributed by atoms with Gasteiger partial charge in [-0.25, -0.2) is 17.8 Å². The van der Waals surface area contributed by atoms with E-state index in [1.54, 1.807) is 0 Å². The van der Waals surface area contributed by atoms with Crippen LogP contribution in [0.15, 0.2) is 30.6 Å². The molecule has 0 aliphatic heterocycles. The third-order valence-electron chi connectivity index (χ3n) is 7.12. The second-order valence-corrected chi connectivity index (χ2v) is 15.2. The van der Waals surface area contributed by atoms with Gasteiger partial charge in [-0.3, -0.25) is 4.55 Å². The first-order valence-electron chi connectivity index (χ1n) is 16.5. The Bertz CT molecular complexity index is 1010. The second-order valence-electron chi connectivity index (χ2n) is 11.5.